The van der Waals surface area contributed by atoms with Gasteiger partial charge in [0, 0.05) is 29.2 Å². The Morgan fingerprint density at radius 3 is 0.889 bits per heavy atom. The molecule has 0 radical (unpaired) electrons. The van der Waals surface area contributed by atoms with Crippen LogP contribution in [0, 0.1) is 27.7 Å². The second-order valence-electron chi connectivity index (χ2n) is 10.3. The third-order valence-corrected chi connectivity index (χ3v) is 6.58. The summed E-state index contributed by atoms with van der Waals surface area (Å²) in [6.07, 6.45) is 0. The van der Waals surface area contributed by atoms with Crippen LogP contribution in [0.15, 0.2) is 107 Å². The third-order valence-electron chi connectivity index (χ3n) is 6.58. The van der Waals surface area contributed by atoms with E-state index in [-0.39, 0.29) is 19.0 Å². The summed E-state index contributed by atoms with van der Waals surface area (Å²) in [5.74, 6) is -0.130. The molecule has 4 rings (SSSR count). The van der Waals surface area contributed by atoms with Crippen LogP contribution < -0.4 is 0 Å². The molecule has 7 nitrogen and oxygen atoms in total. The highest BCUT2D eigenvalue weighted by Crippen LogP contribution is 2.10. The summed E-state index contributed by atoms with van der Waals surface area (Å²) in [4.78, 5) is 36.8. The van der Waals surface area contributed by atoms with Crippen molar-refractivity contribution in [3.8, 4) is 0 Å². The van der Waals surface area contributed by atoms with Gasteiger partial charge in [0.05, 0.1) is 11.4 Å². The van der Waals surface area contributed by atoms with Crippen LogP contribution in [0.25, 0.3) is 0 Å². The molecular weight excluding hydrogens is 673 g/mol. The molecule has 0 aliphatic heterocycles. The molecule has 0 saturated carbocycles. The second kappa shape index (κ2) is 37.6. The highest BCUT2D eigenvalue weighted by Gasteiger charge is 2.03. The van der Waals surface area contributed by atoms with Gasteiger partial charge in [-0.3, -0.25) is 9.59 Å². The molecule has 0 aromatic heterocycles. The standard InChI is InChI=1S/C11H13NO2.C9H11NO.2C9H10O.4C2H6.CH4/c1-8-6-4-5-7-11(8)9(2)12-14-10(3)13;1-7-5-3-4-6-9(7)8(2)10-11;2*1-7-5-3-4-6-9(7)8(2)10;4*1-2;/h4-7H,1-3H3;3-6,11H,1-2H3;2*3-6H,1-2H3;4*1-2H3;1H4/b12-9-;10-8-;;;;;;;. The molecule has 0 aliphatic rings. The lowest BCUT2D eigenvalue weighted by Gasteiger charge is -2.03. The van der Waals surface area contributed by atoms with Gasteiger partial charge in [0.15, 0.2) is 11.6 Å². The smallest absolute Gasteiger partial charge is 0.331 e. The largest absolute Gasteiger partial charge is 0.411 e. The van der Waals surface area contributed by atoms with Crippen molar-refractivity contribution in [1.29, 1.82) is 0 Å². The van der Waals surface area contributed by atoms with Crippen molar-refractivity contribution in [1.82, 2.24) is 0 Å². The number of rotatable bonds is 5. The topological polar surface area (TPSA) is 105 Å². The lowest BCUT2D eigenvalue weighted by atomic mass is 10.1. The van der Waals surface area contributed by atoms with Crippen molar-refractivity contribution in [3.63, 3.8) is 0 Å². The summed E-state index contributed by atoms with van der Waals surface area (Å²) < 4.78 is 0. The fraction of sp³-hybridized carbons (Fsp3) is 0.383. The first-order chi connectivity index (χ1) is 25.3. The molecule has 4 aromatic carbocycles. The summed E-state index contributed by atoms with van der Waals surface area (Å²) >= 11 is 0. The van der Waals surface area contributed by atoms with Gasteiger partial charge in [0.25, 0.3) is 0 Å². The first-order valence-electron chi connectivity index (χ1n) is 18.5. The Balaban J connectivity index is -0.000000186. The van der Waals surface area contributed by atoms with Gasteiger partial charge in [-0.1, -0.05) is 170 Å². The number of hydrogen-bond donors (Lipinski definition) is 1. The molecule has 0 unspecified atom stereocenters. The predicted molar refractivity (Wildman–Crippen MR) is 235 cm³/mol. The van der Waals surface area contributed by atoms with E-state index in [1.807, 2.05) is 187 Å². The molecule has 300 valence electrons. The van der Waals surface area contributed by atoms with Crippen LogP contribution in [0.4, 0.5) is 0 Å². The van der Waals surface area contributed by atoms with Gasteiger partial charge in [-0.25, -0.2) is 4.79 Å². The highest BCUT2D eigenvalue weighted by molar-refractivity contribution is 6.00. The Kier molecular flexibility index (Phi) is 40.5. The van der Waals surface area contributed by atoms with Gasteiger partial charge in [-0.05, 0) is 77.6 Å². The zero-order chi connectivity index (χ0) is 41.9. The van der Waals surface area contributed by atoms with Gasteiger partial charge in [-0.2, -0.15) is 0 Å². The first-order valence-corrected chi connectivity index (χ1v) is 18.5. The molecule has 54 heavy (non-hydrogen) atoms. The Hall–Kier alpha value is -5.17. The molecule has 0 amide bonds. The molecule has 4 aromatic rings. The number of aryl methyl sites for hydroxylation is 4. The van der Waals surface area contributed by atoms with Crippen LogP contribution in [0.5, 0.6) is 0 Å². The number of carbonyl (C=O) groups excluding carboxylic acids is 3. The molecule has 1 N–H and O–H groups in total. The summed E-state index contributed by atoms with van der Waals surface area (Å²) in [6.45, 7) is 32.0. The maximum atomic E-state index is 10.9. The highest BCUT2D eigenvalue weighted by atomic mass is 16.7. The number of oxime groups is 2. The fourth-order valence-corrected chi connectivity index (χ4v) is 4.13. The summed E-state index contributed by atoms with van der Waals surface area (Å²) in [5.41, 5.74) is 9.34. The van der Waals surface area contributed by atoms with E-state index in [0.717, 1.165) is 44.5 Å². The Morgan fingerprint density at radius 1 is 0.444 bits per heavy atom. The molecule has 0 atom stereocenters. The van der Waals surface area contributed by atoms with E-state index < -0.39 is 5.97 Å². The Bertz CT molecular complexity index is 1580. The van der Waals surface area contributed by atoms with Crippen LogP contribution in [0.1, 0.15) is 152 Å². The number of carbonyl (C=O) groups is 3. The zero-order valence-electron chi connectivity index (χ0n) is 35.7. The maximum Gasteiger partial charge on any atom is 0.331 e. The van der Waals surface area contributed by atoms with E-state index in [1.54, 1.807) is 20.8 Å². The monoisotopic (exact) mass is 745 g/mol. The molecule has 0 aliphatic carbocycles. The molecule has 0 saturated heterocycles. The minimum Gasteiger partial charge on any atom is -0.411 e. The van der Waals surface area contributed by atoms with E-state index >= 15 is 0 Å². The third kappa shape index (κ3) is 25.7. The molecule has 7 heteroatoms. The maximum absolute atomic E-state index is 10.9. The number of benzene rings is 4. The number of Topliss-reactive ketones (excluding diaryl/α,β-unsaturated/α-hetero) is 2. The SMILES string of the molecule is C.C/C(=N/O)c1ccccc1C.CC.CC.CC.CC.CC(=O)O/N=C(/C)c1ccccc1C.CC(=O)c1ccccc1C.CC(=O)c1ccccc1C. The Morgan fingerprint density at radius 2 is 0.685 bits per heavy atom. The minimum atomic E-state index is -0.405. The number of hydrogen-bond acceptors (Lipinski definition) is 7. The summed E-state index contributed by atoms with van der Waals surface area (Å²) in [6, 6.07) is 30.8. The quantitative estimate of drug-likeness (QED) is 0.0720. The van der Waals surface area contributed by atoms with Gasteiger partial charge >= 0.3 is 5.97 Å². The normalized spacial score (nSPS) is 9.20. The molecule has 0 bridgehead atoms. The van der Waals surface area contributed by atoms with Crippen molar-refractivity contribution in [3.05, 3.63) is 142 Å². The molecule has 0 spiro atoms. The molecular formula is C47H72N2O5. The first kappa shape index (κ1) is 58.1. The zero-order valence-corrected chi connectivity index (χ0v) is 35.7. The van der Waals surface area contributed by atoms with Crippen LogP contribution >= 0.6 is 0 Å². The second-order valence-corrected chi connectivity index (χ2v) is 10.3. The van der Waals surface area contributed by atoms with Crippen LogP contribution in [-0.2, 0) is 9.63 Å². The predicted octanol–water partition coefficient (Wildman–Crippen LogP) is 13.6. The average molecular weight is 745 g/mol. The van der Waals surface area contributed by atoms with E-state index in [2.05, 4.69) is 15.1 Å². The van der Waals surface area contributed by atoms with Gasteiger partial charge in [0.1, 0.15) is 0 Å². The van der Waals surface area contributed by atoms with Gasteiger partial charge < -0.3 is 10.0 Å². The summed E-state index contributed by atoms with van der Waals surface area (Å²) in [5, 5.41) is 15.4. The van der Waals surface area contributed by atoms with E-state index in [4.69, 9.17) is 5.21 Å². The lowest BCUT2D eigenvalue weighted by molar-refractivity contribution is -0.140. The van der Waals surface area contributed by atoms with Crippen molar-refractivity contribution in [2.45, 2.75) is 125 Å². The molecule has 0 fully saturated rings. The fourth-order valence-electron chi connectivity index (χ4n) is 4.13. The summed E-state index contributed by atoms with van der Waals surface area (Å²) in [7, 11) is 0. The van der Waals surface area contributed by atoms with Crippen LogP contribution in [0.3, 0.4) is 0 Å². The average Bonchev–Trinajstić information content (AvgIpc) is 3.18. The number of nitrogens with zero attached hydrogens (tertiary/aromatic N) is 2. The van der Waals surface area contributed by atoms with Crippen molar-refractivity contribution >= 4 is 29.0 Å². The lowest BCUT2D eigenvalue weighted by Crippen LogP contribution is -2.01. The van der Waals surface area contributed by atoms with Crippen molar-refractivity contribution < 1.29 is 24.4 Å². The van der Waals surface area contributed by atoms with Gasteiger partial charge in [-0.15, -0.1) is 0 Å². The van der Waals surface area contributed by atoms with Crippen molar-refractivity contribution in [2.75, 3.05) is 0 Å². The van der Waals surface area contributed by atoms with E-state index in [9.17, 15) is 14.4 Å². The van der Waals surface area contributed by atoms with Crippen LogP contribution in [0.2, 0.25) is 0 Å². The minimum absolute atomic E-state index is 0. The molecule has 0 heterocycles. The van der Waals surface area contributed by atoms with E-state index in [0.29, 0.717) is 11.4 Å². The number of ketones is 2. The van der Waals surface area contributed by atoms with Crippen LogP contribution in [-0.4, -0.2) is 34.2 Å². The van der Waals surface area contributed by atoms with Crippen molar-refractivity contribution in [2.24, 2.45) is 10.3 Å². The van der Waals surface area contributed by atoms with E-state index in [1.165, 1.54) is 6.92 Å². The van der Waals surface area contributed by atoms with Gasteiger partial charge in [0.2, 0.25) is 0 Å². The Labute approximate surface area is 329 Å².